The van der Waals surface area contributed by atoms with Gasteiger partial charge in [-0.2, -0.15) is 0 Å². The predicted molar refractivity (Wildman–Crippen MR) is 124 cm³/mol. The lowest BCUT2D eigenvalue weighted by atomic mass is 9.79. The molecule has 0 aromatic rings. The number of aliphatic hydroxyl groups excluding tert-OH is 1. The van der Waals surface area contributed by atoms with Gasteiger partial charge in [-0.25, -0.2) is 4.79 Å². The van der Waals surface area contributed by atoms with E-state index in [9.17, 15) is 24.6 Å². The molecule has 3 fully saturated rings. The summed E-state index contributed by atoms with van der Waals surface area (Å²) >= 11 is 3.61. The molecule has 9 nitrogen and oxygen atoms in total. The monoisotopic (exact) mass is 564 g/mol. The summed E-state index contributed by atoms with van der Waals surface area (Å²) in [6.07, 6.45) is 0.836. The lowest BCUT2D eigenvalue weighted by Crippen LogP contribution is -2.63. The van der Waals surface area contributed by atoms with E-state index < -0.39 is 18.0 Å². The van der Waals surface area contributed by atoms with Crippen molar-refractivity contribution in [2.24, 2.45) is 17.8 Å². The van der Waals surface area contributed by atoms with Crippen LogP contribution in [0.1, 0.15) is 26.7 Å². The number of carboxylic acids is 1. The van der Waals surface area contributed by atoms with E-state index in [-0.39, 0.29) is 40.8 Å². The number of aliphatic carboxylic acids is 1. The van der Waals surface area contributed by atoms with Crippen LogP contribution in [-0.2, 0) is 14.4 Å². The van der Waals surface area contributed by atoms with Gasteiger partial charge in [0.25, 0.3) is 0 Å². The van der Waals surface area contributed by atoms with Crippen LogP contribution in [0.5, 0.6) is 0 Å². The van der Waals surface area contributed by atoms with E-state index in [1.807, 2.05) is 11.8 Å². The molecule has 0 saturated carbocycles. The molecule has 11 heteroatoms. The van der Waals surface area contributed by atoms with Crippen molar-refractivity contribution in [1.82, 2.24) is 18.6 Å². The number of carboxylic acid groups (broad SMARTS) is 1. The van der Waals surface area contributed by atoms with Gasteiger partial charge in [-0.3, -0.25) is 13.1 Å². The van der Waals surface area contributed by atoms with Gasteiger partial charge in [0.1, 0.15) is 5.70 Å². The highest BCUT2D eigenvalue weighted by molar-refractivity contribution is 14.1. The molecule has 4 unspecified atom stereocenters. The van der Waals surface area contributed by atoms with E-state index in [1.165, 1.54) is 16.7 Å². The minimum Gasteiger partial charge on any atom is -0.477 e. The maximum atomic E-state index is 12.9. The highest BCUT2D eigenvalue weighted by Gasteiger charge is 2.60. The summed E-state index contributed by atoms with van der Waals surface area (Å²) in [5.74, 6) is -1.53. The number of nitrogens with one attached hydrogen (secondary N) is 2. The Morgan fingerprint density at radius 2 is 2.16 bits per heavy atom. The Morgan fingerprint density at radius 1 is 1.42 bits per heavy atom. The first-order valence-electron chi connectivity index (χ1n) is 10.8. The molecule has 2 amide bonds. The maximum Gasteiger partial charge on any atom is 0.353 e. The fourth-order valence-corrected chi connectivity index (χ4v) is 7.47. The summed E-state index contributed by atoms with van der Waals surface area (Å²) in [5.41, 5.74) is 0.0489. The number of aliphatic hydroxyl groups is 1. The quantitative estimate of drug-likeness (QED) is 0.199. The maximum absolute atomic E-state index is 12.9. The first kappa shape index (κ1) is 23.3. The number of fused-ring (bicyclic) bond motifs is 1. The molecule has 4 aliphatic rings. The number of hydrogen-bond donors (Lipinski definition) is 4. The molecule has 172 valence electrons. The van der Waals surface area contributed by atoms with Gasteiger partial charge in [0, 0.05) is 65.1 Å². The van der Waals surface area contributed by atoms with Crippen molar-refractivity contribution in [2.75, 3.05) is 26.2 Å². The molecule has 0 bridgehead atoms. The van der Waals surface area contributed by atoms with Crippen LogP contribution >= 0.6 is 34.6 Å². The molecule has 3 saturated heterocycles. The molecule has 4 rings (SSSR count). The summed E-state index contributed by atoms with van der Waals surface area (Å²) in [5, 5.41) is 23.1. The molecular weight excluding hydrogens is 535 g/mol. The van der Waals surface area contributed by atoms with Crippen LogP contribution in [0.2, 0.25) is 0 Å². The van der Waals surface area contributed by atoms with Crippen molar-refractivity contribution in [3.63, 3.8) is 0 Å². The Labute approximate surface area is 199 Å². The minimum absolute atomic E-state index is 0.0489. The normalized spacial score (nSPS) is 36.1. The molecule has 31 heavy (non-hydrogen) atoms. The minimum atomic E-state index is -1.11. The highest BCUT2D eigenvalue weighted by atomic mass is 127. The second-order valence-electron chi connectivity index (χ2n) is 8.99. The standard InChI is InChI=1S/C20H29IN4O5S/c1-9-15-14(10(2)26)19(28)25(15)16(20(29)30)17(9)31-12-5-13(22-7-12)18(27)24-4-3-11(8-24)6-23-21/h9-15,22-23,26H,3-8H2,1-2H3,(H,29,30)/t9?,10-,11?,12?,13+,14-,15?/m1/s1. The number of hydrogen-bond acceptors (Lipinski definition) is 7. The van der Waals surface area contributed by atoms with Crippen LogP contribution in [0.25, 0.3) is 0 Å². The van der Waals surface area contributed by atoms with Crippen molar-refractivity contribution in [2.45, 2.75) is 50.1 Å². The first-order chi connectivity index (χ1) is 14.7. The Bertz CT molecular complexity index is 808. The number of carbonyl (C=O) groups excluding carboxylic acids is 2. The number of nitrogens with zero attached hydrogens (tertiary/aromatic N) is 2. The third kappa shape index (κ3) is 4.11. The molecule has 7 atom stereocenters. The Morgan fingerprint density at radius 3 is 2.81 bits per heavy atom. The molecule has 4 heterocycles. The fraction of sp³-hybridized carbons (Fsp3) is 0.750. The largest absolute Gasteiger partial charge is 0.477 e. The third-order valence-corrected chi connectivity index (χ3v) is 8.91. The second-order valence-corrected chi connectivity index (χ2v) is 11.1. The predicted octanol–water partition coefficient (Wildman–Crippen LogP) is 0.392. The molecule has 4 aliphatic heterocycles. The number of thioether (sulfide) groups is 1. The van der Waals surface area contributed by atoms with Crippen molar-refractivity contribution >= 4 is 52.4 Å². The van der Waals surface area contributed by atoms with Crippen LogP contribution in [0.4, 0.5) is 0 Å². The van der Waals surface area contributed by atoms with Gasteiger partial charge in [0.2, 0.25) is 11.8 Å². The number of halogens is 1. The van der Waals surface area contributed by atoms with Crippen LogP contribution in [0.3, 0.4) is 0 Å². The molecule has 0 spiro atoms. The Kier molecular flexibility index (Phi) is 6.88. The fourth-order valence-electron chi connectivity index (χ4n) is 5.37. The molecule has 4 N–H and O–H groups in total. The van der Waals surface area contributed by atoms with Gasteiger partial charge >= 0.3 is 5.97 Å². The zero-order valence-corrected chi connectivity index (χ0v) is 20.6. The SMILES string of the molecule is CC1C(SC2CN[C@H](C(=O)N3CCC(CNI)C3)C2)=C(C(=O)O)N2C(=O)[C@H]([C@@H](C)O)C12. The first-order valence-corrected chi connectivity index (χ1v) is 12.7. The molecule has 0 aromatic carbocycles. The van der Waals surface area contributed by atoms with Gasteiger partial charge in [-0.05, 0) is 25.7 Å². The zero-order valence-electron chi connectivity index (χ0n) is 17.6. The smallest absolute Gasteiger partial charge is 0.353 e. The van der Waals surface area contributed by atoms with Crippen molar-refractivity contribution < 1.29 is 24.6 Å². The average molecular weight is 564 g/mol. The summed E-state index contributed by atoms with van der Waals surface area (Å²) in [6.45, 7) is 6.57. The van der Waals surface area contributed by atoms with Crippen molar-refractivity contribution in [3.05, 3.63) is 10.6 Å². The van der Waals surface area contributed by atoms with Gasteiger partial charge < -0.3 is 25.3 Å². The topological polar surface area (TPSA) is 122 Å². The molecule has 0 aromatic heterocycles. The van der Waals surface area contributed by atoms with Gasteiger partial charge in [-0.15, -0.1) is 11.8 Å². The molecular formula is C20H29IN4O5S. The van der Waals surface area contributed by atoms with Gasteiger partial charge in [0.15, 0.2) is 0 Å². The van der Waals surface area contributed by atoms with Gasteiger partial charge in [0.05, 0.1) is 24.1 Å². The highest BCUT2D eigenvalue weighted by Crippen LogP contribution is 2.51. The van der Waals surface area contributed by atoms with E-state index in [0.717, 1.165) is 26.1 Å². The lowest BCUT2D eigenvalue weighted by Gasteiger charge is -2.46. The molecule has 0 radical (unpaired) electrons. The van der Waals surface area contributed by atoms with Crippen LogP contribution in [0, 0.1) is 17.8 Å². The number of β-lactam (4-membered cyclic amide) rings is 1. The zero-order chi connectivity index (χ0) is 22.4. The van der Waals surface area contributed by atoms with E-state index in [4.69, 9.17) is 0 Å². The second kappa shape index (κ2) is 9.16. The van der Waals surface area contributed by atoms with Crippen molar-refractivity contribution in [1.29, 1.82) is 0 Å². The summed E-state index contributed by atoms with van der Waals surface area (Å²) < 4.78 is 3.15. The van der Waals surface area contributed by atoms with Crippen LogP contribution < -0.4 is 8.85 Å². The summed E-state index contributed by atoms with van der Waals surface area (Å²) in [7, 11) is 0. The van der Waals surface area contributed by atoms with Gasteiger partial charge in [-0.1, -0.05) is 6.92 Å². The molecule has 0 aliphatic carbocycles. The van der Waals surface area contributed by atoms with E-state index in [1.54, 1.807) is 6.92 Å². The number of carbonyl (C=O) groups is 3. The Hall–Kier alpha value is -0.890. The van der Waals surface area contributed by atoms with E-state index in [2.05, 4.69) is 31.7 Å². The summed E-state index contributed by atoms with van der Waals surface area (Å²) in [4.78, 5) is 41.3. The third-order valence-electron chi connectivity index (χ3n) is 6.96. The van der Waals surface area contributed by atoms with Crippen LogP contribution in [-0.4, -0.2) is 87.4 Å². The van der Waals surface area contributed by atoms with E-state index in [0.29, 0.717) is 23.8 Å². The van der Waals surface area contributed by atoms with E-state index >= 15 is 0 Å². The van der Waals surface area contributed by atoms with Crippen molar-refractivity contribution in [3.8, 4) is 0 Å². The number of likely N-dealkylation sites (tertiary alicyclic amines) is 1. The Balaban J connectivity index is 1.41. The summed E-state index contributed by atoms with van der Waals surface area (Å²) in [6, 6.07) is -0.556. The van der Waals surface area contributed by atoms with Crippen LogP contribution in [0.15, 0.2) is 10.6 Å². The lowest BCUT2D eigenvalue weighted by molar-refractivity contribution is -0.163. The number of rotatable bonds is 7. The number of amides is 2. The average Bonchev–Trinajstić information content (AvgIpc) is 3.41.